The van der Waals surface area contributed by atoms with E-state index in [1.807, 2.05) is 50.5 Å². The molecule has 5 aromatic rings. The van der Waals surface area contributed by atoms with E-state index in [0.29, 0.717) is 6.61 Å². The lowest BCUT2D eigenvalue weighted by atomic mass is 10.0. The Morgan fingerprint density at radius 2 is 1.56 bits per heavy atom. The van der Waals surface area contributed by atoms with Crippen LogP contribution >= 0.6 is 11.3 Å². The molecule has 0 radical (unpaired) electrons. The molecule has 0 saturated carbocycles. The summed E-state index contributed by atoms with van der Waals surface area (Å²) in [6.45, 7) is 6.73. The summed E-state index contributed by atoms with van der Waals surface area (Å²) in [7, 11) is 0. The number of benzene rings is 2. The summed E-state index contributed by atoms with van der Waals surface area (Å²) < 4.78 is 5.62. The molecule has 6 heteroatoms. The second kappa shape index (κ2) is 9.61. The van der Waals surface area contributed by atoms with Crippen LogP contribution in [0.2, 0.25) is 0 Å². The maximum absolute atomic E-state index is 5.62. The molecule has 0 fully saturated rings. The topological polar surface area (TPSA) is 59.9 Å². The lowest BCUT2D eigenvalue weighted by Gasteiger charge is -2.11. The minimum Gasteiger partial charge on any atom is -0.494 e. The van der Waals surface area contributed by atoms with Gasteiger partial charge in [0.05, 0.1) is 12.0 Å². The molecule has 5 rings (SSSR count). The third kappa shape index (κ3) is 4.63. The molecule has 170 valence electrons. The Labute approximate surface area is 203 Å². The Kier molecular flexibility index (Phi) is 6.23. The Bertz CT molecular complexity index is 1410. The maximum Gasteiger partial charge on any atom is 0.143 e. The predicted molar refractivity (Wildman–Crippen MR) is 140 cm³/mol. The quantitative estimate of drug-likeness (QED) is 0.277. The van der Waals surface area contributed by atoms with Crippen LogP contribution in [0.3, 0.4) is 0 Å². The second-order valence-corrected chi connectivity index (χ2v) is 9.35. The van der Waals surface area contributed by atoms with Crippen molar-refractivity contribution in [3.8, 4) is 16.9 Å². The van der Waals surface area contributed by atoms with Gasteiger partial charge in [-0.15, -0.1) is 11.3 Å². The van der Waals surface area contributed by atoms with Crippen molar-refractivity contribution >= 4 is 33.1 Å². The molecule has 0 aliphatic heterocycles. The molecule has 0 amide bonds. The number of ether oxygens (including phenoxy) is 1. The molecule has 0 saturated heterocycles. The summed E-state index contributed by atoms with van der Waals surface area (Å²) in [4.78, 5) is 15.8. The predicted octanol–water partition coefficient (Wildman–Crippen LogP) is 7.10. The number of aromatic nitrogens is 3. The average molecular weight is 467 g/mol. The zero-order chi connectivity index (χ0) is 23.5. The molecular weight excluding hydrogens is 440 g/mol. The lowest BCUT2D eigenvalue weighted by Crippen LogP contribution is -1.99. The first-order valence-electron chi connectivity index (χ1n) is 11.4. The van der Waals surface area contributed by atoms with Crippen LogP contribution in [0, 0.1) is 13.8 Å². The lowest BCUT2D eigenvalue weighted by molar-refractivity contribution is 0.340. The molecule has 0 bridgehead atoms. The molecule has 0 unspecified atom stereocenters. The van der Waals surface area contributed by atoms with Crippen molar-refractivity contribution < 1.29 is 4.74 Å². The Morgan fingerprint density at radius 3 is 2.26 bits per heavy atom. The van der Waals surface area contributed by atoms with Crippen LogP contribution in [-0.4, -0.2) is 21.6 Å². The van der Waals surface area contributed by atoms with Gasteiger partial charge in [0.25, 0.3) is 0 Å². The summed E-state index contributed by atoms with van der Waals surface area (Å²) >= 11 is 1.70. The van der Waals surface area contributed by atoms with Gasteiger partial charge in [0.2, 0.25) is 0 Å². The van der Waals surface area contributed by atoms with Crippen LogP contribution in [0.5, 0.6) is 5.75 Å². The first-order chi connectivity index (χ1) is 16.6. The van der Waals surface area contributed by atoms with Crippen LogP contribution in [0.1, 0.15) is 28.8 Å². The highest BCUT2D eigenvalue weighted by atomic mass is 32.1. The first-order valence-corrected chi connectivity index (χ1v) is 12.2. The van der Waals surface area contributed by atoms with E-state index < -0.39 is 0 Å². The molecule has 5 nitrogen and oxygen atoms in total. The number of nitrogens with zero attached hydrogens (tertiary/aromatic N) is 3. The van der Waals surface area contributed by atoms with Crippen molar-refractivity contribution in [3.05, 3.63) is 94.9 Å². The van der Waals surface area contributed by atoms with E-state index in [9.17, 15) is 0 Å². The van der Waals surface area contributed by atoms with Gasteiger partial charge >= 0.3 is 0 Å². The van der Waals surface area contributed by atoms with Gasteiger partial charge in [0.1, 0.15) is 22.2 Å². The highest BCUT2D eigenvalue weighted by Crippen LogP contribution is 2.41. The largest absolute Gasteiger partial charge is 0.494 e. The highest BCUT2D eigenvalue weighted by Gasteiger charge is 2.18. The molecule has 2 aromatic carbocycles. The van der Waals surface area contributed by atoms with E-state index in [4.69, 9.17) is 14.7 Å². The van der Waals surface area contributed by atoms with Crippen molar-refractivity contribution in [3.63, 3.8) is 0 Å². The van der Waals surface area contributed by atoms with Gasteiger partial charge in [-0.2, -0.15) is 0 Å². The van der Waals surface area contributed by atoms with Gasteiger partial charge in [0, 0.05) is 28.5 Å². The Morgan fingerprint density at radius 1 is 0.853 bits per heavy atom. The SMILES string of the molecule is CCOc1ccc(-c2c(C)sc3nc(C)nc(Nc4ccc(Cc5ccncc5)cc4)c23)cc1. The van der Waals surface area contributed by atoms with E-state index in [2.05, 4.69) is 53.6 Å². The van der Waals surface area contributed by atoms with Crippen LogP contribution in [0.25, 0.3) is 21.3 Å². The van der Waals surface area contributed by atoms with Crippen LogP contribution in [0.4, 0.5) is 11.5 Å². The smallest absolute Gasteiger partial charge is 0.143 e. The van der Waals surface area contributed by atoms with E-state index in [-0.39, 0.29) is 0 Å². The monoisotopic (exact) mass is 466 g/mol. The zero-order valence-corrected chi connectivity index (χ0v) is 20.3. The van der Waals surface area contributed by atoms with E-state index in [1.54, 1.807) is 11.3 Å². The summed E-state index contributed by atoms with van der Waals surface area (Å²) in [5.41, 5.74) is 5.80. The van der Waals surface area contributed by atoms with Crippen LogP contribution in [0.15, 0.2) is 73.1 Å². The summed E-state index contributed by atoms with van der Waals surface area (Å²) in [5, 5.41) is 4.61. The van der Waals surface area contributed by atoms with Gasteiger partial charge in [-0.05, 0) is 80.3 Å². The molecular formula is C28H26N4OS. The summed E-state index contributed by atoms with van der Waals surface area (Å²) in [5.74, 6) is 2.46. The van der Waals surface area contributed by atoms with Gasteiger partial charge < -0.3 is 10.1 Å². The third-order valence-electron chi connectivity index (χ3n) is 5.67. The number of hydrogen-bond acceptors (Lipinski definition) is 6. The van der Waals surface area contributed by atoms with Crippen molar-refractivity contribution in [2.24, 2.45) is 0 Å². The standard InChI is InChI=1S/C28H26N4OS/c1-4-33-24-11-7-22(8-12-24)25-18(2)34-28-26(25)27(30-19(3)31-28)32-23-9-5-20(6-10-23)17-21-13-15-29-16-14-21/h5-16H,4,17H2,1-3H3,(H,30,31,32). The number of nitrogens with one attached hydrogen (secondary N) is 1. The molecule has 3 heterocycles. The van der Waals surface area contributed by atoms with Crippen molar-refractivity contribution in [1.82, 2.24) is 15.0 Å². The Hall–Kier alpha value is -3.77. The van der Waals surface area contributed by atoms with E-state index in [0.717, 1.165) is 45.3 Å². The first kappa shape index (κ1) is 22.0. The normalized spacial score (nSPS) is 11.0. The van der Waals surface area contributed by atoms with Gasteiger partial charge in [-0.25, -0.2) is 9.97 Å². The van der Waals surface area contributed by atoms with Gasteiger partial charge in [0.15, 0.2) is 0 Å². The number of rotatable bonds is 7. The molecule has 0 spiro atoms. The number of anilines is 2. The van der Waals surface area contributed by atoms with E-state index >= 15 is 0 Å². The summed E-state index contributed by atoms with van der Waals surface area (Å²) in [6, 6.07) is 20.9. The molecule has 0 atom stereocenters. The fourth-order valence-electron chi connectivity index (χ4n) is 4.12. The molecule has 1 N–H and O–H groups in total. The Balaban J connectivity index is 1.48. The molecule has 0 aliphatic rings. The summed E-state index contributed by atoms with van der Waals surface area (Å²) in [6.07, 6.45) is 4.54. The fourth-order valence-corrected chi connectivity index (χ4v) is 5.21. The number of hydrogen-bond donors (Lipinski definition) is 1. The molecule has 34 heavy (non-hydrogen) atoms. The number of fused-ring (bicyclic) bond motifs is 1. The zero-order valence-electron chi connectivity index (χ0n) is 19.5. The number of pyridine rings is 1. The number of aryl methyl sites for hydroxylation is 2. The molecule has 3 aromatic heterocycles. The highest BCUT2D eigenvalue weighted by molar-refractivity contribution is 7.19. The minimum absolute atomic E-state index is 0.655. The third-order valence-corrected chi connectivity index (χ3v) is 6.67. The minimum atomic E-state index is 0.655. The van der Waals surface area contributed by atoms with Crippen molar-refractivity contribution in [2.45, 2.75) is 27.2 Å². The van der Waals surface area contributed by atoms with Gasteiger partial charge in [-0.3, -0.25) is 4.98 Å². The average Bonchev–Trinajstić information content (AvgIpc) is 3.17. The van der Waals surface area contributed by atoms with Crippen molar-refractivity contribution in [1.29, 1.82) is 0 Å². The fraction of sp³-hybridized carbons (Fsp3) is 0.179. The van der Waals surface area contributed by atoms with Crippen LogP contribution < -0.4 is 10.1 Å². The maximum atomic E-state index is 5.62. The second-order valence-electron chi connectivity index (χ2n) is 8.14. The molecule has 0 aliphatic carbocycles. The van der Waals surface area contributed by atoms with Crippen LogP contribution in [-0.2, 0) is 6.42 Å². The number of thiophene rings is 1. The van der Waals surface area contributed by atoms with E-state index in [1.165, 1.54) is 21.6 Å². The van der Waals surface area contributed by atoms with Gasteiger partial charge in [-0.1, -0.05) is 24.3 Å². The van der Waals surface area contributed by atoms with Crippen molar-refractivity contribution in [2.75, 3.05) is 11.9 Å².